The first-order valence-electron chi connectivity index (χ1n) is 6.26. The van der Waals surface area contributed by atoms with Crippen LogP contribution >= 0.6 is 23.2 Å². The topological polar surface area (TPSA) is 12.5 Å². The molecule has 94 valence electrons. The number of hydrogen-bond acceptors (Lipinski definition) is 1. The summed E-state index contributed by atoms with van der Waals surface area (Å²) in [5.41, 5.74) is 1.20. The Morgan fingerprint density at radius 1 is 1.24 bits per heavy atom. The zero-order valence-electron chi connectivity index (χ0n) is 10.2. The summed E-state index contributed by atoms with van der Waals surface area (Å²) < 4.78 is 5.61. The van der Waals surface area contributed by atoms with Gasteiger partial charge in [0.1, 0.15) is 0 Å². The van der Waals surface area contributed by atoms with Gasteiger partial charge in [-0.3, -0.25) is 0 Å². The van der Waals surface area contributed by atoms with Crippen molar-refractivity contribution in [1.82, 2.24) is 0 Å². The van der Waals surface area contributed by atoms with E-state index in [2.05, 4.69) is 13.8 Å². The van der Waals surface area contributed by atoms with Crippen molar-refractivity contribution in [3.05, 3.63) is 33.8 Å². The van der Waals surface area contributed by atoms with Crippen LogP contribution in [0.15, 0.2) is 18.2 Å². The van der Waals surface area contributed by atoms with Gasteiger partial charge in [-0.25, -0.2) is 0 Å². The maximum atomic E-state index is 6.25. The van der Waals surface area contributed by atoms with Crippen LogP contribution in [0.1, 0.15) is 44.6 Å². The van der Waals surface area contributed by atoms with Crippen molar-refractivity contribution in [3.8, 4) is 0 Å². The van der Waals surface area contributed by atoms with E-state index in [0.29, 0.717) is 23.1 Å². The maximum absolute atomic E-state index is 6.25. The van der Waals surface area contributed by atoms with Gasteiger partial charge in [0.05, 0.1) is 12.2 Å². The molecule has 1 heterocycles. The molecule has 1 nitrogen and oxygen atoms in total. The molecule has 1 aliphatic rings. The Labute approximate surface area is 113 Å². The number of rotatable bonds is 5. The average molecular weight is 273 g/mol. The Morgan fingerprint density at radius 3 is 2.53 bits per heavy atom. The Bertz CT molecular complexity index is 392. The van der Waals surface area contributed by atoms with E-state index < -0.39 is 0 Å². The molecule has 0 amide bonds. The van der Waals surface area contributed by atoms with Crippen molar-refractivity contribution in [1.29, 1.82) is 0 Å². The third-order valence-corrected chi connectivity index (χ3v) is 4.06. The molecule has 1 saturated heterocycles. The largest absolute Gasteiger partial charge is 0.370 e. The van der Waals surface area contributed by atoms with Gasteiger partial charge in [0.25, 0.3) is 0 Å². The lowest BCUT2D eigenvalue weighted by Crippen LogP contribution is -2.04. The van der Waals surface area contributed by atoms with Gasteiger partial charge in [-0.05, 0) is 42.9 Å². The number of ether oxygens (including phenoxy) is 1. The minimum Gasteiger partial charge on any atom is -0.370 e. The molecule has 3 atom stereocenters. The number of halogens is 2. The summed E-state index contributed by atoms with van der Waals surface area (Å²) in [6.07, 6.45) is 4.15. The number of hydrogen-bond donors (Lipinski definition) is 0. The Hall–Kier alpha value is -0.240. The van der Waals surface area contributed by atoms with Gasteiger partial charge >= 0.3 is 0 Å². The highest BCUT2D eigenvalue weighted by atomic mass is 35.5. The molecule has 0 bridgehead atoms. The van der Waals surface area contributed by atoms with Crippen molar-refractivity contribution in [2.45, 2.75) is 51.2 Å². The van der Waals surface area contributed by atoms with Crippen molar-refractivity contribution in [2.75, 3.05) is 0 Å². The van der Waals surface area contributed by atoms with E-state index in [-0.39, 0.29) is 0 Å². The highest BCUT2D eigenvalue weighted by molar-refractivity contribution is 6.35. The average Bonchev–Trinajstić information content (AvgIpc) is 3.05. The third-order valence-electron chi connectivity index (χ3n) is 3.50. The Balaban J connectivity index is 2.07. The normalized spacial score (nSPS) is 24.7. The molecule has 0 spiro atoms. The van der Waals surface area contributed by atoms with E-state index in [1.165, 1.54) is 5.56 Å². The first-order valence-corrected chi connectivity index (χ1v) is 7.01. The molecule has 17 heavy (non-hydrogen) atoms. The molecule has 1 fully saturated rings. The predicted molar refractivity (Wildman–Crippen MR) is 73.1 cm³/mol. The van der Waals surface area contributed by atoms with Crippen LogP contribution in [0.5, 0.6) is 0 Å². The Kier molecular flexibility index (Phi) is 4.35. The van der Waals surface area contributed by atoms with Gasteiger partial charge in [-0.2, -0.15) is 0 Å². The van der Waals surface area contributed by atoms with Crippen LogP contribution < -0.4 is 0 Å². The lowest BCUT2D eigenvalue weighted by Gasteiger charge is -2.16. The van der Waals surface area contributed by atoms with E-state index in [1.807, 2.05) is 18.2 Å². The van der Waals surface area contributed by atoms with E-state index >= 15 is 0 Å². The minimum absolute atomic E-state index is 0.427. The smallest absolute Gasteiger partial charge is 0.0847 e. The monoisotopic (exact) mass is 272 g/mol. The quantitative estimate of drug-likeness (QED) is 0.683. The number of benzene rings is 1. The molecule has 2 rings (SSSR count). The molecule has 1 aromatic rings. The van der Waals surface area contributed by atoms with Gasteiger partial charge in [-0.15, -0.1) is 0 Å². The molecule has 3 heteroatoms. The molecule has 0 aliphatic carbocycles. The van der Waals surface area contributed by atoms with Crippen LogP contribution in [0.4, 0.5) is 0 Å². The van der Waals surface area contributed by atoms with Crippen LogP contribution in [0.2, 0.25) is 10.0 Å². The van der Waals surface area contributed by atoms with E-state index in [1.54, 1.807) is 0 Å². The lowest BCUT2D eigenvalue weighted by molar-refractivity contribution is 0.349. The van der Waals surface area contributed by atoms with Gasteiger partial charge < -0.3 is 4.74 Å². The summed E-state index contributed by atoms with van der Waals surface area (Å²) in [4.78, 5) is 0. The molecular weight excluding hydrogens is 255 g/mol. The molecule has 0 saturated carbocycles. The van der Waals surface area contributed by atoms with Crippen LogP contribution in [0.3, 0.4) is 0 Å². The van der Waals surface area contributed by atoms with Gasteiger partial charge in [0.15, 0.2) is 0 Å². The molecule has 0 aromatic heterocycles. The van der Waals surface area contributed by atoms with Crippen molar-refractivity contribution in [2.24, 2.45) is 0 Å². The van der Waals surface area contributed by atoms with Crippen molar-refractivity contribution >= 4 is 23.2 Å². The molecule has 1 aromatic carbocycles. The second kappa shape index (κ2) is 5.60. The van der Waals surface area contributed by atoms with E-state index in [0.717, 1.165) is 24.3 Å². The molecular formula is C14H18Cl2O. The fourth-order valence-corrected chi connectivity index (χ4v) is 2.93. The van der Waals surface area contributed by atoms with Gasteiger partial charge in [0.2, 0.25) is 0 Å². The zero-order valence-corrected chi connectivity index (χ0v) is 11.8. The molecule has 1 aliphatic heterocycles. The molecule has 0 N–H and O–H groups in total. The summed E-state index contributed by atoms with van der Waals surface area (Å²) >= 11 is 12.2. The summed E-state index contributed by atoms with van der Waals surface area (Å²) in [7, 11) is 0. The van der Waals surface area contributed by atoms with Crippen molar-refractivity contribution < 1.29 is 4.74 Å². The van der Waals surface area contributed by atoms with Crippen LogP contribution in [0.25, 0.3) is 0 Å². The van der Waals surface area contributed by atoms with Crippen LogP contribution in [0, 0.1) is 0 Å². The maximum Gasteiger partial charge on any atom is 0.0847 e. The van der Waals surface area contributed by atoms with E-state index in [9.17, 15) is 0 Å². The molecule has 0 radical (unpaired) electrons. The summed E-state index contributed by atoms with van der Waals surface area (Å²) in [6, 6.07) is 5.78. The fourth-order valence-electron chi connectivity index (χ4n) is 2.37. The molecule has 3 unspecified atom stereocenters. The van der Waals surface area contributed by atoms with Gasteiger partial charge in [0, 0.05) is 10.0 Å². The Morgan fingerprint density at radius 2 is 2.00 bits per heavy atom. The number of epoxide rings is 1. The van der Waals surface area contributed by atoms with Crippen LogP contribution in [-0.2, 0) is 4.74 Å². The minimum atomic E-state index is 0.427. The van der Waals surface area contributed by atoms with Crippen molar-refractivity contribution in [3.63, 3.8) is 0 Å². The van der Waals surface area contributed by atoms with E-state index in [4.69, 9.17) is 27.9 Å². The second-order valence-corrected chi connectivity index (χ2v) is 5.47. The first kappa shape index (κ1) is 13.2. The van der Waals surface area contributed by atoms with Crippen LogP contribution in [-0.4, -0.2) is 12.2 Å². The summed E-state index contributed by atoms with van der Waals surface area (Å²) in [6.45, 7) is 4.36. The highest BCUT2D eigenvalue weighted by Crippen LogP contribution is 2.38. The standard InChI is InChI=1S/C14H18Cl2O/c1-3-9(7-14-13(4-2)17-14)11-6-5-10(15)8-12(11)16/h5-6,8-9,13-14H,3-4,7H2,1-2H3. The summed E-state index contributed by atoms with van der Waals surface area (Å²) in [5.74, 6) is 0.473. The second-order valence-electron chi connectivity index (χ2n) is 4.63. The highest BCUT2D eigenvalue weighted by Gasteiger charge is 2.38. The lowest BCUT2D eigenvalue weighted by atomic mass is 9.91. The zero-order chi connectivity index (χ0) is 12.4. The first-order chi connectivity index (χ1) is 8.15. The van der Waals surface area contributed by atoms with Gasteiger partial charge in [-0.1, -0.05) is 43.1 Å². The fraction of sp³-hybridized carbons (Fsp3) is 0.571. The SMILES string of the molecule is CCC(CC1OC1CC)c1ccc(Cl)cc1Cl. The predicted octanol–water partition coefficient (Wildman–Crippen LogP) is 5.05. The third kappa shape index (κ3) is 3.15. The summed E-state index contributed by atoms with van der Waals surface area (Å²) in [5, 5.41) is 1.47.